The largest absolute Gasteiger partial charge is 0.355 e. The summed E-state index contributed by atoms with van der Waals surface area (Å²) < 4.78 is 14.2. The van der Waals surface area contributed by atoms with E-state index in [2.05, 4.69) is 56.3 Å². The van der Waals surface area contributed by atoms with Gasteiger partial charge in [-0.2, -0.15) is 0 Å². The van der Waals surface area contributed by atoms with E-state index in [9.17, 15) is 4.21 Å². The first-order valence-electron chi connectivity index (χ1n) is 8.92. The van der Waals surface area contributed by atoms with Gasteiger partial charge in [0, 0.05) is 38.1 Å². The van der Waals surface area contributed by atoms with Crippen molar-refractivity contribution >= 4 is 32.5 Å². The molecule has 142 valence electrons. The number of hydrogen-bond donors (Lipinski definition) is 2. The molecule has 0 radical (unpaired) electrons. The fraction of sp³-hybridized carbons (Fsp3) is 0.500. The molecule has 1 atom stereocenters. The highest BCUT2D eigenvalue weighted by Gasteiger charge is 2.18. The molecule has 1 fully saturated rings. The zero-order valence-corrected chi connectivity index (χ0v) is 16.4. The Bertz CT molecular complexity index is 883. The zero-order valence-electron chi connectivity index (χ0n) is 15.6. The van der Waals surface area contributed by atoms with Crippen molar-refractivity contribution in [3.05, 3.63) is 29.6 Å². The lowest BCUT2D eigenvalue weighted by Crippen LogP contribution is -2.39. The summed E-state index contributed by atoms with van der Waals surface area (Å²) in [5, 5.41) is 6.54. The van der Waals surface area contributed by atoms with Crippen molar-refractivity contribution in [2.75, 3.05) is 44.2 Å². The zero-order chi connectivity index (χ0) is 18.7. The normalized spacial score (nSPS) is 18.7. The lowest BCUT2D eigenvalue weighted by molar-refractivity contribution is 0.299. The van der Waals surface area contributed by atoms with E-state index in [4.69, 9.17) is 5.14 Å². The van der Waals surface area contributed by atoms with Crippen molar-refractivity contribution in [2.45, 2.75) is 20.3 Å². The molecule has 0 amide bonds. The van der Waals surface area contributed by atoms with Gasteiger partial charge in [-0.25, -0.2) is 24.0 Å². The molecule has 7 nitrogen and oxygen atoms in total. The number of hydrogen-bond acceptors (Lipinski definition) is 5. The molecule has 26 heavy (non-hydrogen) atoms. The van der Waals surface area contributed by atoms with Crippen LogP contribution in [0.1, 0.15) is 17.5 Å². The molecule has 0 saturated carbocycles. The predicted octanol–water partition coefficient (Wildman–Crippen LogP) is 0.853. The Hall–Kier alpha value is -1.74. The van der Waals surface area contributed by atoms with Crippen LogP contribution >= 0.6 is 0 Å². The first-order chi connectivity index (χ1) is 12.3. The molecule has 1 aliphatic rings. The Morgan fingerprint density at radius 2 is 1.96 bits per heavy atom. The predicted molar refractivity (Wildman–Crippen MR) is 110 cm³/mol. The third kappa shape index (κ3) is 4.70. The maximum absolute atomic E-state index is 11.4. The monoisotopic (exact) mass is 376 g/mol. The number of nitrogens with zero attached hydrogens (tertiary/aromatic N) is 4. The molecule has 2 heterocycles. The highest BCUT2D eigenvalue weighted by atomic mass is 32.2. The summed E-state index contributed by atoms with van der Waals surface area (Å²) in [5.41, 5.74) is 3.50. The first-order valence-corrected chi connectivity index (χ1v) is 10.7. The van der Waals surface area contributed by atoms with Crippen LogP contribution in [-0.2, 0) is 9.89 Å². The van der Waals surface area contributed by atoms with Crippen LogP contribution in [0.4, 0.5) is 5.82 Å². The summed E-state index contributed by atoms with van der Waals surface area (Å²) >= 11 is 0. The topological polar surface area (TPSA) is 87.4 Å². The van der Waals surface area contributed by atoms with Gasteiger partial charge in [-0.15, -0.1) is 0 Å². The van der Waals surface area contributed by atoms with Gasteiger partial charge in [-0.3, -0.25) is 0 Å². The smallest absolute Gasteiger partial charge is 0.139 e. The Kier molecular flexibility index (Phi) is 5.76. The van der Waals surface area contributed by atoms with Crippen LogP contribution in [0.25, 0.3) is 10.9 Å². The van der Waals surface area contributed by atoms with Crippen LogP contribution in [0, 0.1) is 13.8 Å². The van der Waals surface area contributed by atoms with Crippen molar-refractivity contribution in [1.82, 2.24) is 19.6 Å². The molecule has 0 spiro atoms. The lowest BCUT2D eigenvalue weighted by Gasteiger charge is -2.24. The number of nitrogens with one attached hydrogen (secondary N) is 1. The summed E-state index contributed by atoms with van der Waals surface area (Å²) in [6.45, 7) is 9.42. The lowest BCUT2D eigenvalue weighted by atomic mass is 10.1. The van der Waals surface area contributed by atoms with Crippen LogP contribution in [0.2, 0.25) is 0 Å². The molecule has 3 N–H and O–H groups in total. The Balaban J connectivity index is 1.71. The highest BCUT2D eigenvalue weighted by molar-refractivity contribution is 7.96. The summed E-state index contributed by atoms with van der Waals surface area (Å²) in [6, 6.07) is 4.33. The summed E-state index contributed by atoms with van der Waals surface area (Å²) in [7, 11) is -2.62. The molecule has 0 aliphatic carbocycles. The molecule has 0 bridgehead atoms. The van der Waals surface area contributed by atoms with E-state index in [1.54, 1.807) is 6.33 Å². The van der Waals surface area contributed by atoms with Crippen molar-refractivity contribution in [1.29, 1.82) is 0 Å². The number of benzene rings is 1. The van der Waals surface area contributed by atoms with E-state index in [0.29, 0.717) is 6.54 Å². The van der Waals surface area contributed by atoms with Gasteiger partial charge in [-0.05, 0) is 55.9 Å². The van der Waals surface area contributed by atoms with Gasteiger partial charge in [0.25, 0.3) is 0 Å². The molecule has 1 aromatic carbocycles. The van der Waals surface area contributed by atoms with Crippen molar-refractivity contribution in [3.63, 3.8) is 0 Å². The van der Waals surface area contributed by atoms with Crippen LogP contribution in [0.5, 0.6) is 0 Å². The average molecular weight is 377 g/mol. The fourth-order valence-electron chi connectivity index (χ4n) is 3.34. The molecule has 1 aromatic heterocycles. The van der Waals surface area contributed by atoms with Crippen LogP contribution in [-0.4, -0.2) is 64.2 Å². The summed E-state index contributed by atoms with van der Waals surface area (Å²) in [4.78, 5) is 13.7. The van der Waals surface area contributed by atoms with Gasteiger partial charge in [0.1, 0.15) is 12.1 Å². The van der Waals surface area contributed by atoms with Crippen LogP contribution in [0.15, 0.2) is 18.5 Å². The fourth-order valence-corrected chi connectivity index (χ4v) is 3.77. The van der Waals surface area contributed by atoms with Crippen molar-refractivity contribution < 1.29 is 4.21 Å². The van der Waals surface area contributed by atoms with Crippen LogP contribution in [0.3, 0.4) is 0 Å². The number of aromatic nitrogens is 2. The molecule has 3 rings (SSSR count). The van der Waals surface area contributed by atoms with Gasteiger partial charge < -0.3 is 9.80 Å². The quantitative estimate of drug-likeness (QED) is 0.756. The highest BCUT2D eigenvalue weighted by Crippen LogP contribution is 2.26. The van der Waals surface area contributed by atoms with Gasteiger partial charge in [0.15, 0.2) is 0 Å². The van der Waals surface area contributed by atoms with E-state index in [0.717, 1.165) is 55.9 Å². The third-order valence-electron chi connectivity index (χ3n) is 4.89. The van der Waals surface area contributed by atoms with E-state index in [1.165, 1.54) is 11.1 Å². The second-order valence-corrected chi connectivity index (χ2v) is 8.69. The van der Waals surface area contributed by atoms with E-state index in [-0.39, 0.29) is 0 Å². The molecular weight excluding hydrogens is 348 g/mol. The number of nitrogens with two attached hydrogens (primary N) is 1. The second-order valence-electron chi connectivity index (χ2n) is 6.95. The first kappa shape index (κ1) is 19.0. The molecule has 1 aliphatic heterocycles. The Morgan fingerprint density at radius 1 is 1.19 bits per heavy atom. The molecule has 8 heteroatoms. The number of rotatable bonds is 5. The van der Waals surface area contributed by atoms with Crippen molar-refractivity contribution in [2.24, 2.45) is 5.14 Å². The maximum atomic E-state index is 11.4. The molecular formula is C18H28N6OS. The average Bonchev–Trinajstić information content (AvgIpc) is 2.80. The van der Waals surface area contributed by atoms with Gasteiger partial charge in [0.2, 0.25) is 0 Å². The Labute approximate surface area is 155 Å². The molecule has 2 aromatic rings. The van der Waals surface area contributed by atoms with E-state index in [1.807, 2.05) is 0 Å². The van der Waals surface area contributed by atoms with E-state index >= 15 is 0 Å². The third-order valence-corrected chi connectivity index (χ3v) is 5.59. The minimum atomic E-state index is -2.62. The van der Waals surface area contributed by atoms with Crippen molar-refractivity contribution in [3.8, 4) is 0 Å². The number of fused-ring (bicyclic) bond motifs is 1. The minimum absolute atomic E-state index is 0.577. The maximum Gasteiger partial charge on any atom is 0.139 e. The van der Waals surface area contributed by atoms with Gasteiger partial charge in [0.05, 0.1) is 15.4 Å². The van der Waals surface area contributed by atoms with Crippen LogP contribution < -0.4 is 14.8 Å². The SMILES string of the molecule is C=S(N)(=O)NCCN1CCCN(c2ncnc3cc(C)c(C)cc23)CC1. The van der Waals surface area contributed by atoms with Gasteiger partial charge >= 0.3 is 0 Å². The minimum Gasteiger partial charge on any atom is -0.355 e. The Morgan fingerprint density at radius 3 is 2.73 bits per heavy atom. The van der Waals surface area contributed by atoms with E-state index < -0.39 is 9.89 Å². The molecule has 1 saturated heterocycles. The number of anilines is 1. The van der Waals surface area contributed by atoms with Gasteiger partial charge in [-0.1, -0.05) is 0 Å². The number of aryl methyl sites for hydroxylation is 2. The summed E-state index contributed by atoms with van der Waals surface area (Å²) in [5.74, 6) is 4.43. The second kappa shape index (κ2) is 7.87. The standard InChI is InChI=1S/C18H28N6OS/c1-14-11-16-17(12-15(14)2)20-13-21-18(16)24-7-4-6-23(9-10-24)8-5-22-26(3,19)25/h11-13H,3-10H2,1-2H3,(H3,19,22,25). The molecule has 1 unspecified atom stereocenters. The summed E-state index contributed by atoms with van der Waals surface area (Å²) in [6.07, 6.45) is 2.71.